The van der Waals surface area contributed by atoms with Crippen LogP contribution in [0.4, 0.5) is 0 Å². The van der Waals surface area contributed by atoms with Gasteiger partial charge in [0.2, 0.25) is 0 Å². The Labute approximate surface area is 41.8 Å². The van der Waals surface area contributed by atoms with Crippen LogP contribution >= 0.6 is 0 Å². The summed E-state index contributed by atoms with van der Waals surface area (Å²) in [7, 11) is 2.83. The molecule has 0 fully saturated rings. The van der Waals surface area contributed by atoms with Crippen molar-refractivity contribution in [1.29, 1.82) is 0 Å². The van der Waals surface area contributed by atoms with Gasteiger partial charge in [-0.15, -0.1) is 0 Å². The largest absolute Gasteiger partial charge is 0.355 e. The van der Waals surface area contributed by atoms with Crippen molar-refractivity contribution in [2.24, 2.45) is 0 Å². The third-order valence-electron chi connectivity index (χ3n) is 0.282. The molecule has 0 radical (unpaired) electrons. The summed E-state index contributed by atoms with van der Waals surface area (Å²) in [6.07, 6.45) is 0. The standard InChI is InChI=1S/C3H8O4/c1-4-3-6-7-5-2/h3H2,1-2H3. The zero-order chi connectivity index (χ0) is 5.54. The quantitative estimate of drug-likeness (QED) is 0.221. The van der Waals surface area contributed by atoms with Crippen molar-refractivity contribution < 1.29 is 19.6 Å². The van der Waals surface area contributed by atoms with Crippen LogP contribution in [0.1, 0.15) is 0 Å². The van der Waals surface area contributed by atoms with Crippen LogP contribution in [0.15, 0.2) is 0 Å². The first kappa shape index (κ1) is 6.84. The Hall–Kier alpha value is -0.160. The van der Waals surface area contributed by atoms with Gasteiger partial charge in [0.15, 0.2) is 6.79 Å². The zero-order valence-corrected chi connectivity index (χ0v) is 4.34. The Morgan fingerprint density at radius 2 is 2.00 bits per heavy atom. The van der Waals surface area contributed by atoms with Crippen molar-refractivity contribution >= 4 is 0 Å². The summed E-state index contributed by atoms with van der Waals surface area (Å²) in [5, 5.41) is 3.95. The minimum Gasteiger partial charge on any atom is -0.355 e. The lowest BCUT2D eigenvalue weighted by atomic mass is 11.4. The SMILES string of the molecule is COCOOOC. The highest BCUT2D eigenvalue weighted by Gasteiger charge is 1.78. The lowest BCUT2D eigenvalue weighted by Crippen LogP contribution is -1.96. The normalized spacial score (nSPS) is 9.43. The summed E-state index contributed by atoms with van der Waals surface area (Å²) in [5.41, 5.74) is 0. The molecule has 0 aliphatic heterocycles. The van der Waals surface area contributed by atoms with Crippen LogP contribution in [0.25, 0.3) is 0 Å². The molecule has 0 aromatic carbocycles. The van der Waals surface area contributed by atoms with Crippen molar-refractivity contribution in [2.45, 2.75) is 0 Å². The highest BCUT2D eigenvalue weighted by Crippen LogP contribution is 1.75. The molecule has 4 nitrogen and oxygen atoms in total. The maximum absolute atomic E-state index is 4.42. The summed E-state index contributed by atoms with van der Waals surface area (Å²) >= 11 is 0. The van der Waals surface area contributed by atoms with Gasteiger partial charge >= 0.3 is 0 Å². The second-order valence-corrected chi connectivity index (χ2v) is 0.759. The molecule has 0 unspecified atom stereocenters. The molecule has 44 valence electrons. The van der Waals surface area contributed by atoms with E-state index in [-0.39, 0.29) is 6.79 Å². The predicted molar refractivity (Wildman–Crippen MR) is 21.1 cm³/mol. The molecular weight excluding hydrogens is 100 g/mol. The average Bonchev–Trinajstić information content (AvgIpc) is 1.69. The second-order valence-electron chi connectivity index (χ2n) is 0.759. The maximum atomic E-state index is 4.42. The third kappa shape index (κ3) is 5.84. The van der Waals surface area contributed by atoms with E-state index in [0.717, 1.165) is 0 Å². The Morgan fingerprint density at radius 3 is 2.43 bits per heavy atom. The first-order valence-corrected chi connectivity index (χ1v) is 1.73. The van der Waals surface area contributed by atoms with E-state index in [9.17, 15) is 0 Å². The number of methoxy groups -OCH3 is 1. The molecule has 0 spiro atoms. The minimum atomic E-state index is 0.0772. The van der Waals surface area contributed by atoms with E-state index < -0.39 is 0 Å². The van der Waals surface area contributed by atoms with E-state index in [0.29, 0.717) is 0 Å². The molecule has 0 aliphatic carbocycles. The smallest absolute Gasteiger partial charge is 0.183 e. The highest BCUT2D eigenvalue weighted by molar-refractivity contribution is 3.78. The Kier molecular flexibility index (Phi) is 5.71. The van der Waals surface area contributed by atoms with E-state index >= 15 is 0 Å². The van der Waals surface area contributed by atoms with Crippen molar-refractivity contribution in [1.82, 2.24) is 0 Å². The molecular formula is C3H8O4. The molecule has 0 N–H and O–H groups in total. The van der Waals surface area contributed by atoms with Crippen LogP contribution in [0.3, 0.4) is 0 Å². The molecule has 0 bridgehead atoms. The van der Waals surface area contributed by atoms with E-state index in [1.165, 1.54) is 14.2 Å². The first-order valence-electron chi connectivity index (χ1n) is 1.73. The van der Waals surface area contributed by atoms with Gasteiger partial charge in [0, 0.05) is 7.11 Å². The molecule has 0 aromatic rings. The maximum Gasteiger partial charge on any atom is 0.183 e. The van der Waals surface area contributed by atoms with Crippen LogP contribution in [0, 0.1) is 0 Å². The van der Waals surface area contributed by atoms with Crippen LogP contribution in [-0.4, -0.2) is 21.0 Å². The molecule has 0 heterocycles. The summed E-state index contributed by atoms with van der Waals surface area (Å²) in [4.78, 5) is 8.23. The van der Waals surface area contributed by atoms with Gasteiger partial charge in [0.25, 0.3) is 0 Å². The number of hydrogen-bond acceptors (Lipinski definition) is 4. The van der Waals surface area contributed by atoms with E-state index in [1.54, 1.807) is 0 Å². The van der Waals surface area contributed by atoms with Gasteiger partial charge in [0.1, 0.15) is 0 Å². The Morgan fingerprint density at radius 1 is 1.29 bits per heavy atom. The van der Waals surface area contributed by atoms with Gasteiger partial charge in [0.05, 0.1) is 7.11 Å². The first-order chi connectivity index (χ1) is 3.41. The topological polar surface area (TPSA) is 36.9 Å². The number of rotatable bonds is 4. The summed E-state index contributed by atoms with van der Waals surface area (Å²) < 4.78 is 4.42. The molecule has 7 heavy (non-hydrogen) atoms. The second kappa shape index (κ2) is 5.84. The van der Waals surface area contributed by atoms with Crippen molar-refractivity contribution in [3.8, 4) is 0 Å². The van der Waals surface area contributed by atoms with Crippen LogP contribution in [0.2, 0.25) is 0 Å². The molecule has 0 saturated heterocycles. The van der Waals surface area contributed by atoms with Gasteiger partial charge in [-0.3, -0.25) is 0 Å². The van der Waals surface area contributed by atoms with Crippen molar-refractivity contribution in [3.63, 3.8) is 0 Å². The van der Waals surface area contributed by atoms with E-state index in [1.807, 2.05) is 0 Å². The fourth-order valence-electron chi connectivity index (χ4n) is 0.116. The molecule has 0 rings (SSSR count). The summed E-state index contributed by atoms with van der Waals surface area (Å²) in [6.45, 7) is 0.0772. The van der Waals surface area contributed by atoms with E-state index in [2.05, 4.69) is 19.6 Å². The minimum absolute atomic E-state index is 0.0772. The lowest BCUT2D eigenvalue weighted by molar-refractivity contribution is -0.517. The molecule has 0 aliphatic rings. The Bertz CT molecular complexity index is 26.1. The molecule has 0 saturated carbocycles. The summed E-state index contributed by atoms with van der Waals surface area (Å²) in [6, 6.07) is 0. The van der Waals surface area contributed by atoms with Gasteiger partial charge in [-0.25, -0.2) is 4.89 Å². The van der Waals surface area contributed by atoms with Gasteiger partial charge in [-0.2, -0.15) is 4.89 Å². The van der Waals surface area contributed by atoms with Gasteiger partial charge in [-0.1, -0.05) is 5.04 Å². The monoisotopic (exact) mass is 108 g/mol. The van der Waals surface area contributed by atoms with Gasteiger partial charge in [-0.05, 0) is 0 Å². The van der Waals surface area contributed by atoms with Crippen LogP contribution in [-0.2, 0) is 19.6 Å². The van der Waals surface area contributed by atoms with Crippen LogP contribution < -0.4 is 0 Å². The fraction of sp³-hybridized carbons (Fsp3) is 1.00. The summed E-state index contributed by atoms with van der Waals surface area (Å²) in [5.74, 6) is 0. The highest BCUT2D eigenvalue weighted by atomic mass is 17.5. The molecule has 4 heteroatoms. The lowest BCUT2D eigenvalue weighted by Gasteiger charge is -1.94. The van der Waals surface area contributed by atoms with Gasteiger partial charge < -0.3 is 4.74 Å². The zero-order valence-electron chi connectivity index (χ0n) is 4.34. The van der Waals surface area contributed by atoms with Crippen molar-refractivity contribution in [3.05, 3.63) is 0 Å². The third-order valence-corrected chi connectivity index (χ3v) is 0.282. The molecule has 0 atom stereocenters. The van der Waals surface area contributed by atoms with Crippen LogP contribution in [0.5, 0.6) is 0 Å². The Balaban J connectivity index is 2.45. The predicted octanol–water partition coefficient (Wildman–Crippen LogP) is 0.0999. The molecule has 0 amide bonds. The number of hydrogen-bond donors (Lipinski definition) is 0. The molecule has 0 aromatic heterocycles. The number of ether oxygens (including phenoxy) is 1. The van der Waals surface area contributed by atoms with Crippen molar-refractivity contribution in [2.75, 3.05) is 21.0 Å². The average molecular weight is 108 g/mol. The van der Waals surface area contributed by atoms with E-state index in [4.69, 9.17) is 0 Å². The fourth-order valence-corrected chi connectivity index (χ4v) is 0.116.